The summed E-state index contributed by atoms with van der Waals surface area (Å²) in [5.41, 5.74) is 0.582. The minimum absolute atomic E-state index is 0.283. The van der Waals surface area contributed by atoms with Crippen molar-refractivity contribution in [3.8, 4) is 5.75 Å². The van der Waals surface area contributed by atoms with Gasteiger partial charge in [-0.05, 0) is 43.0 Å². The first-order chi connectivity index (χ1) is 9.54. The topological polar surface area (TPSA) is 21.3 Å². The van der Waals surface area contributed by atoms with Crippen LogP contribution in [-0.2, 0) is 6.54 Å². The average molecular weight is 283 g/mol. The summed E-state index contributed by atoms with van der Waals surface area (Å²) >= 11 is 0. The summed E-state index contributed by atoms with van der Waals surface area (Å²) < 4.78 is 32.7. The molecule has 4 heteroatoms. The van der Waals surface area contributed by atoms with Crippen molar-refractivity contribution in [2.24, 2.45) is 5.92 Å². The van der Waals surface area contributed by atoms with Crippen LogP contribution in [0.3, 0.4) is 0 Å². The Labute approximate surface area is 119 Å². The zero-order chi connectivity index (χ0) is 15.0. The van der Waals surface area contributed by atoms with Crippen LogP contribution in [0.4, 0.5) is 8.78 Å². The third-order valence-corrected chi connectivity index (χ3v) is 2.74. The predicted molar refractivity (Wildman–Crippen MR) is 77.8 cm³/mol. The molecule has 0 fully saturated rings. The second-order valence-electron chi connectivity index (χ2n) is 5.19. The van der Waals surface area contributed by atoms with Crippen LogP contribution in [0.5, 0.6) is 5.75 Å². The first-order valence-corrected chi connectivity index (χ1v) is 6.97. The zero-order valence-electron chi connectivity index (χ0n) is 12.2. The van der Waals surface area contributed by atoms with Gasteiger partial charge in [-0.3, -0.25) is 0 Å². The Hall–Kier alpha value is -1.42. The highest BCUT2D eigenvalue weighted by molar-refractivity contribution is 5.31. The lowest BCUT2D eigenvalue weighted by atomic mass is 10.1. The van der Waals surface area contributed by atoms with E-state index < -0.39 is 11.6 Å². The van der Waals surface area contributed by atoms with Crippen molar-refractivity contribution in [2.75, 3.05) is 13.2 Å². The number of halogens is 2. The van der Waals surface area contributed by atoms with Crippen molar-refractivity contribution in [2.45, 2.75) is 33.2 Å². The van der Waals surface area contributed by atoms with Crippen LogP contribution in [0.2, 0.25) is 0 Å². The molecule has 0 aliphatic heterocycles. The van der Waals surface area contributed by atoms with Gasteiger partial charge in [0.15, 0.2) is 17.4 Å². The molecule has 0 radical (unpaired) electrons. The summed E-state index contributed by atoms with van der Waals surface area (Å²) in [5.74, 6) is -1.09. The maximum absolute atomic E-state index is 13.8. The summed E-state index contributed by atoms with van der Waals surface area (Å²) in [7, 11) is 0. The Bertz CT molecular complexity index is 409. The Kier molecular flexibility index (Phi) is 7.23. The lowest BCUT2D eigenvalue weighted by Crippen LogP contribution is -2.19. The molecule has 0 saturated heterocycles. The summed E-state index contributed by atoms with van der Waals surface area (Å²) in [6.07, 6.45) is 3.21. The molecule has 0 aliphatic rings. The summed E-state index contributed by atoms with van der Waals surface area (Å²) in [5, 5.41) is 3.15. The Balaban J connectivity index is 2.58. The molecule has 0 amide bonds. The van der Waals surface area contributed by atoms with Crippen molar-refractivity contribution in [3.05, 3.63) is 42.0 Å². The van der Waals surface area contributed by atoms with Crippen LogP contribution >= 0.6 is 0 Å². The Morgan fingerprint density at radius 1 is 1.30 bits per heavy atom. The molecule has 0 aliphatic carbocycles. The van der Waals surface area contributed by atoms with Crippen LogP contribution in [-0.4, -0.2) is 13.2 Å². The van der Waals surface area contributed by atoms with E-state index in [9.17, 15) is 8.78 Å². The number of hydrogen-bond donors (Lipinski definition) is 1. The molecule has 1 N–H and O–H groups in total. The quantitative estimate of drug-likeness (QED) is 0.545. The number of nitrogens with one attached hydrogen (secondary N) is 1. The number of rotatable bonds is 9. The number of hydrogen-bond acceptors (Lipinski definition) is 2. The predicted octanol–water partition coefficient (Wildman–Crippen LogP) is 4.06. The van der Waals surface area contributed by atoms with E-state index in [2.05, 4.69) is 25.7 Å². The third-order valence-electron chi connectivity index (χ3n) is 2.74. The van der Waals surface area contributed by atoms with Crippen molar-refractivity contribution in [1.29, 1.82) is 0 Å². The highest BCUT2D eigenvalue weighted by atomic mass is 19.1. The zero-order valence-corrected chi connectivity index (χ0v) is 12.2. The van der Waals surface area contributed by atoms with Crippen LogP contribution in [0.1, 0.15) is 32.3 Å². The summed E-state index contributed by atoms with van der Waals surface area (Å²) in [6, 6.07) is 2.64. The van der Waals surface area contributed by atoms with Crippen LogP contribution < -0.4 is 10.1 Å². The van der Waals surface area contributed by atoms with Gasteiger partial charge in [-0.15, -0.1) is 6.58 Å². The van der Waals surface area contributed by atoms with E-state index in [4.69, 9.17) is 4.74 Å². The Morgan fingerprint density at radius 2 is 1.95 bits per heavy atom. The van der Waals surface area contributed by atoms with Crippen LogP contribution in [0.25, 0.3) is 0 Å². The van der Waals surface area contributed by atoms with Gasteiger partial charge in [-0.25, -0.2) is 8.78 Å². The molecule has 0 heterocycles. The van der Waals surface area contributed by atoms with E-state index in [1.807, 2.05) is 0 Å². The third kappa shape index (κ3) is 5.70. The Morgan fingerprint density at radius 3 is 2.50 bits per heavy atom. The van der Waals surface area contributed by atoms with E-state index in [-0.39, 0.29) is 12.4 Å². The molecule has 1 aromatic carbocycles. The largest absolute Gasteiger partial charge is 0.488 e. The van der Waals surface area contributed by atoms with Gasteiger partial charge in [0.2, 0.25) is 0 Å². The molecule has 2 nitrogen and oxygen atoms in total. The second-order valence-corrected chi connectivity index (χ2v) is 5.19. The molecule has 20 heavy (non-hydrogen) atoms. The number of benzene rings is 1. The number of allylic oxidation sites excluding steroid dienone is 1. The van der Waals surface area contributed by atoms with Gasteiger partial charge < -0.3 is 10.1 Å². The lowest BCUT2D eigenvalue weighted by molar-refractivity contribution is 0.280. The van der Waals surface area contributed by atoms with Gasteiger partial charge in [-0.1, -0.05) is 19.9 Å². The van der Waals surface area contributed by atoms with Gasteiger partial charge in [0, 0.05) is 6.54 Å². The summed E-state index contributed by atoms with van der Waals surface area (Å²) in [6.45, 7) is 9.28. The fraction of sp³-hybridized carbons (Fsp3) is 0.500. The average Bonchev–Trinajstić information content (AvgIpc) is 2.36. The van der Waals surface area contributed by atoms with E-state index in [0.29, 0.717) is 24.4 Å². The molecular formula is C16H23F2NO. The van der Waals surface area contributed by atoms with E-state index in [0.717, 1.165) is 13.0 Å². The molecule has 0 atom stereocenters. The maximum Gasteiger partial charge on any atom is 0.190 e. The van der Waals surface area contributed by atoms with Gasteiger partial charge in [0.25, 0.3) is 0 Å². The fourth-order valence-corrected chi connectivity index (χ4v) is 1.76. The number of unbranched alkanes of at least 4 members (excludes halogenated alkanes) is 1. The van der Waals surface area contributed by atoms with E-state index in [1.165, 1.54) is 12.1 Å². The van der Waals surface area contributed by atoms with Crippen molar-refractivity contribution >= 4 is 0 Å². The monoisotopic (exact) mass is 283 g/mol. The first kappa shape index (κ1) is 16.6. The highest BCUT2D eigenvalue weighted by Gasteiger charge is 2.12. The van der Waals surface area contributed by atoms with E-state index in [1.54, 1.807) is 6.08 Å². The maximum atomic E-state index is 13.8. The van der Waals surface area contributed by atoms with Gasteiger partial charge in [-0.2, -0.15) is 0 Å². The van der Waals surface area contributed by atoms with Crippen LogP contribution in [0, 0.1) is 17.6 Å². The van der Waals surface area contributed by atoms with Gasteiger partial charge in [0.1, 0.15) is 0 Å². The lowest BCUT2D eigenvalue weighted by Gasteiger charge is -2.11. The minimum atomic E-state index is -0.648. The molecule has 0 bridgehead atoms. The molecule has 0 unspecified atom stereocenters. The number of ether oxygens (including phenoxy) is 1. The highest BCUT2D eigenvalue weighted by Crippen LogP contribution is 2.23. The van der Waals surface area contributed by atoms with Crippen molar-refractivity contribution in [1.82, 2.24) is 5.32 Å². The SMILES string of the molecule is C=CCCCOc1c(F)cc(CNCC(C)C)cc1F. The molecule has 0 spiro atoms. The normalized spacial score (nSPS) is 10.8. The van der Waals surface area contributed by atoms with Gasteiger partial charge in [0.05, 0.1) is 6.61 Å². The molecule has 1 rings (SSSR count). The van der Waals surface area contributed by atoms with Crippen molar-refractivity contribution in [3.63, 3.8) is 0 Å². The van der Waals surface area contributed by atoms with E-state index >= 15 is 0 Å². The minimum Gasteiger partial charge on any atom is -0.488 e. The molecule has 112 valence electrons. The van der Waals surface area contributed by atoms with Crippen molar-refractivity contribution < 1.29 is 13.5 Å². The molecular weight excluding hydrogens is 260 g/mol. The molecule has 1 aromatic rings. The first-order valence-electron chi connectivity index (χ1n) is 6.97. The summed E-state index contributed by atoms with van der Waals surface area (Å²) in [4.78, 5) is 0. The smallest absolute Gasteiger partial charge is 0.190 e. The van der Waals surface area contributed by atoms with Crippen LogP contribution in [0.15, 0.2) is 24.8 Å². The second kappa shape index (κ2) is 8.69. The molecule has 0 saturated carbocycles. The fourth-order valence-electron chi connectivity index (χ4n) is 1.76. The molecule has 0 aromatic heterocycles. The van der Waals surface area contributed by atoms with Gasteiger partial charge >= 0.3 is 0 Å². The standard InChI is InChI=1S/C16H23F2NO/c1-4-5-6-7-20-16-14(17)8-13(9-15(16)18)11-19-10-12(2)3/h4,8-9,12,19H,1,5-7,10-11H2,2-3H3.